The second-order valence-electron chi connectivity index (χ2n) is 6.26. The molecular weight excluding hydrogens is 330 g/mol. The maximum absolute atomic E-state index is 12.5. The molecule has 0 bridgehead atoms. The van der Waals surface area contributed by atoms with Gasteiger partial charge < -0.3 is 15.0 Å². The summed E-state index contributed by atoms with van der Waals surface area (Å²) in [6.07, 6.45) is -2.19. The third-order valence-corrected chi connectivity index (χ3v) is 4.69. The second kappa shape index (κ2) is 6.82. The van der Waals surface area contributed by atoms with E-state index in [4.69, 9.17) is 4.74 Å². The number of halogens is 2. The fraction of sp³-hybridized carbons (Fsp3) is 0.444. The lowest BCUT2D eigenvalue weighted by molar-refractivity contribution is -0.129. The Balaban J connectivity index is 2.06. The predicted molar refractivity (Wildman–Crippen MR) is 89.5 cm³/mol. The Kier molecular flexibility index (Phi) is 4.74. The summed E-state index contributed by atoms with van der Waals surface area (Å²) >= 11 is 0. The molecule has 0 saturated carbocycles. The van der Waals surface area contributed by atoms with Crippen LogP contribution in [0.5, 0.6) is 5.75 Å². The molecule has 3 rings (SSSR count). The Bertz CT molecular complexity index is 829. The van der Waals surface area contributed by atoms with Crippen LogP contribution < -0.4 is 10.1 Å². The van der Waals surface area contributed by atoms with E-state index >= 15 is 0 Å². The van der Waals surface area contributed by atoms with Gasteiger partial charge in [-0.1, -0.05) is 6.92 Å². The molecule has 7 heteroatoms. The molecule has 0 fully saturated rings. The van der Waals surface area contributed by atoms with Crippen molar-refractivity contribution in [3.8, 4) is 5.75 Å². The molecule has 0 saturated heterocycles. The normalized spacial score (nSPS) is 14.4. The van der Waals surface area contributed by atoms with E-state index < -0.39 is 12.2 Å². The van der Waals surface area contributed by atoms with Crippen molar-refractivity contribution in [2.45, 2.75) is 38.5 Å². The highest BCUT2D eigenvalue weighted by Gasteiger charge is 2.27. The van der Waals surface area contributed by atoms with E-state index in [0.717, 1.165) is 34.2 Å². The number of carbonyl (C=O) groups is 2. The van der Waals surface area contributed by atoms with Crippen molar-refractivity contribution in [3.05, 3.63) is 29.0 Å². The van der Waals surface area contributed by atoms with Crippen molar-refractivity contribution in [3.63, 3.8) is 0 Å². The van der Waals surface area contributed by atoms with Gasteiger partial charge in [-0.25, -0.2) is 8.78 Å². The number of aromatic nitrogens is 1. The van der Waals surface area contributed by atoms with Gasteiger partial charge in [0.15, 0.2) is 5.78 Å². The van der Waals surface area contributed by atoms with Crippen molar-refractivity contribution in [1.82, 2.24) is 10.3 Å². The number of hydrogen-bond acceptors (Lipinski definition) is 3. The van der Waals surface area contributed by atoms with Gasteiger partial charge in [-0.05, 0) is 30.0 Å². The molecule has 0 aliphatic carbocycles. The minimum atomic E-state index is -2.95. The molecule has 5 nitrogen and oxygen atoms in total. The molecule has 0 spiro atoms. The van der Waals surface area contributed by atoms with Crippen LogP contribution in [0.4, 0.5) is 8.78 Å². The summed E-state index contributed by atoms with van der Waals surface area (Å²) in [4.78, 5) is 26.7. The predicted octanol–water partition coefficient (Wildman–Crippen LogP) is 3.18. The average Bonchev–Trinajstić information content (AvgIpc) is 3.21. The van der Waals surface area contributed by atoms with E-state index in [0.29, 0.717) is 12.3 Å². The molecule has 1 aromatic heterocycles. The van der Waals surface area contributed by atoms with Crippen molar-refractivity contribution in [2.75, 3.05) is 13.7 Å². The Morgan fingerprint density at radius 1 is 1.36 bits per heavy atom. The molecule has 2 heterocycles. The van der Waals surface area contributed by atoms with Crippen LogP contribution >= 0.6 is 0 Å². The highest BCUT2D eigenvalue weighted by Crippen LogP contribution is 2.40. The number of amides is 1. The fourth-order valence-electron chi connectivity index (χ4n) is 3.42. The van der Waals surface area contributed by atoms with Crippen LogP contribution in [0.2, 0.25) is 0 Å². The first-order chi connectivity index (χ1) is 11.9. The minimum absolute atomic E-state index is 0.218. The Morgan fingerprint density at radius 2 is 2.12 bits per heavy atom. The first-order valence-corrected chi connectivity index (χ1v) is 8.27. The number of carbonyl (C=O) groups excluding carboxylic acids is 2. The van der Waals surface area contributed by atoms with E-state index in [1.807, 2.05) is 19.1 Å². The van der Waals surface area contributed by atoms with E-state index in [2.05, 4.69) is 10.3 Å². The molecule has 0 radical (unpaired) electrons. The zero-order valence-corrected chi connectivity index (χ0v) is 14.1. The van der Waals surface area contributed by atoms with Gasteiger partial charge in [0, 0.05) is 36.4 Å². The number of alkyl halides is 2. The van der Waals surface area contributed by atoms with Gasteiger partial charge in [-0.3, -0.25) is 9.59 Å². The van der Waals surface area contributed by atoms with Crippen LogP contribution in [0.1, 0.15) is 47.3 Å². The molecule has 1 aliphatic rings. The van der Waals surface area contributed by atoms with Gasteiger partial charge in [0.2, 0.25) is 0 Å². The van der Waals surface area contributed by atoms with Crippen molar-refractivity contribution < 1.29 is 23.1 Å². The fourth-order valence-corrected chi connectivity index (χ4v) is 3.42. The van der Waals surface area contributed by atoms with E-state index in [-0.39, 0.29) is 24.7 Å². The third-order valence-electron chi connectivity index (χ3n) is 4.69. The minimum Gasteiger partial charge on any atom is -0.493 e. The maximum Gasteiger partial charge on any atom is 0.295 e. The zero-order chi connectivity index (χ0) is 18.1. The summed E-state index contributed by atoms with van der Waals surface area (Å²) < 4.78 is 30.6. The second-order valence-corrected chi connectivity index (χ2v) is 6.26. The third kappa shape index (κ3) is 3.10. The van der Waals surface area contributed by atoms with Crippen LogP contribution in [-0.2, 0) is 11.2 Å². The Morgan fingerprint density at radius 3 is 2.80 bits per heavy atom. The number of aromatic amines is 1. The molecule has 1 aliphatic heterocycles. The van der Waals surface area contributed by atoms with E-state index in [1.54, 1.807) is 0 Å². The molecule has 1 amide bonds. The summed E-state index contributed by atoms with van der Waals surface area (Å²) in [5.74, 6) is -0.782. The maximum atomic E-state index is 12.5. The summed E-state index contributed by atoms with van der Waals surface area (Å²) in [5.41, 5.74) is 3.00. The number of Topliss-reactive ketones (excluding diaryl/α,β-unsaturated/α-hetero) is 1. The molecule has 1 atom stereocenters. The van der Waals surface area contributed by atoms with Crippen LogP contribution in [0, 0.1) is 0 Å². The molecule has 2 aromatic rings. The number of rotatable bonds is 6. The van der Waals surface area contributed by atoms with Crippen LogP contribution in [0.25, 0.3) is 10.9 Å². The Hall–Kier alpha value is -2.44. The Labute approximate surface area is 143 Å². The van der Waals surface area contributed by atoms with Gasteiger partial charge >= 0.3 is 0 Å². The van der Waals surface area contributed by atoms with Crippen molar-refractivity contribution >= 4 is 22.6 Å². The first kappa shape index (κ1) is 17.4. The molecule has 1 aromatic carbocycles. The largest absolute Gasteiger partial charge is 0.493 e. The van der Waals surface area contributed by atoms with Gasteiger partial charge in [-0.15, -0.1) is 0 Å². The van der Waals surface area contributed by atoms with Crippen molar-refractivity contribution in [2.24, 2.45) is 0 Å². The highest BCUT2D eigenvalue weighted by atomic mass is 19.3. The first-order valence-electron chi connectivity index (χ1n) is 8.27. The zero-order valence-electron chi connectivity index (χ0n) is 14.1. The van der Waals surface area contributed by atoms with Gasteiger partial charge in [0.05, 0.1) is 6.61 Å². The number of ketones is 1. The standard InChI is InChI=1S/C18H20F2N2O3/c1-9(3-5-12(23)17(19)20)14-15-10-7-8-25-13(10)6-4-11(15)22-16(14)18(24)21-2/h4,6,9,17,22H,3,5,7-8H2,1-2H3,(H,21,24)/t9-/m1/s1. The van der Waals surface area contributed by atoms with E-state index in [1.165, 1.54) is 7.05 Å². The van der Waals surface area contributed by atoms with Crippen LogP contribution in [0.15, 0.2) is 12.1 Å². The smallest absolute Gasteiger partial charge is 0.295 e. The number of ether oxygens (including phenoxy) is 1. The molecular formula is C18H20F2N2O3. The van der Waals surface area contributed by atoms with Gasteiger partial charge in [0.1, 0.15) is 11.4 Å². The lowest BCUT2D eigenvalue weighted by Crippen LogP contribution is -2.20. The topological polar surface area (TPSA) is 71.2 Å². The molecule has 25 heavy (non-hydrogen) atoms. The SMILES string of the molecule is CNC(=O)c1[nH]c2ccc3c(c2c1[C@H](C)CCC(=O)C(F)F)CCO3. The monoisotopic (exact) mass is 350 g/mol. The van der Waals surface area contributed by atoms with Crippen LogP contribution in [0.3, 0.4) is 0 Å². The number of benzene rings is 1. The summed E-state index contributed by atoms with van der Waals surface area (Å²) in [6.45, 7) is 2.43. The van der Waals surface area contributed by atoms with Crippen LogP contribution in [-0.4, -0.2) is 36.8 Å². The van der Waals surface area contributed by atoms with Crippen molar-refractivity contribution in [1.29, 1.82) is 0 Å². The summed E-state index contributed by atoms with van der Waals surface area (Å²) in [6, 6.07) is 3.72. The molecule has 2 N–H and O–H groups in total. The average molecular weight is 350 g/mol. The van der Waals surface area contributed by atoms with Gasteiger partial charge in [0.25, 0.3) is 12.3 Å². The number of H-pyrrole nitrogens is 1. The number of fused-ring (bicyclic) bond motifs is 3. The lowest BCUT2D eigenvalue weighted by atomic mass is 9.90. The highest BCUT2D eigenvalue weighted by molar-refractivity contribution is 6.03. The summed E-state index contributed by atoms with van der Waals surface area (Å²) in [7, 11) is 1.54. The lowest BCUT2D eigenvalue weighted by Gasteiger charge is -2.14. The quantitative estimate of drug-likeness (QED) is 0.841. The van der Waals surface area contributed by atoms with E-state index in [9.17, 15) is 18.4 Å². The van der Waals surface area contributed by atoms with Gasteiger partial charge in [-0.2, -0.15) is 0 Å². The molecule has 134 valence electrons. The number of hydrogen-bond donors (Lipinski definition) is 2. The molecule has 0 unspecified atom stereocenters. The summed E-state index contributed by atoms with van der Waals surface area (Å²) in [5, 5.41) is 3.51. The number of nitrogens with one attached hydrogen (secondary N) is 2.